The van der Waals surface area contributed by atoms with Gasteiger partial charge in [0.1, 0.15) is 5.75 Å². The molecule has 2 aromatic carbocycles. The summed E-state index contributed by atoms with van der Waals surface area (Å²) in [6.45, 7) is 11.3. The highest BCUT2D eigenvalue weighted by atomic mass is 16.6. The molecule has 0 N–H and O–H groups in total. The fourth-order valence-corrected chi connectivity index (χ4v) is 2.80. The highest BCUT2D eigenvalue weighted by Crippen LogP contribution is 2.22. The smallest absolute Gasteiger partial charge is 0.350 e. The molecule has 0 saturated heterocycles. The van der Waals surface area contributed by atoms with Crippen LogP contribution in [-0.2, 0) is 16.0 Å². The minimum absolute atomic E-state index is 0.0406. The third kappa shape index (κ3) is 5.95. The summed E-state index contributed by atoms with van der Waals surface area (Å²) in [5.74, 6) is 0.621. The Balaban J connectivity index is 2.07. The Morgan fingerprint density at radius 3 is 1.82 bits per heavy atom. The van der Waals surface area contributed by atoms with Crippen molar-refractivity contribution in [2.45, 2.75) is 59.7 Å². The standard InChI is InChI=1S/C24H30O4/c1-16(2)15-18-7-9-19(10-8-18)22(25)20-11-13-21(14-12-20)28-24(5,6)23(26)27-17(3)4/h7-14,16-17H,15H2,1-6H3. The van der Waals surface area contributed by atoms with Crippen LogP contribution in [0, 0.1) is 5.92 Å². The number of hydrogen-bond donors (Lipinski definition) is 0. The minimum atomic E-state index is -1.11. The molecule has 0 heterocycles. The molecular formula is C24H30O4. The molecule has 2 rings (SSSR count). The third-order valence-corrected chi connectivity index (χ3v) is 4.18. The number of carbonyl (C=O) groups is 2. The Hall–Kier alpha value is -2.62. The first kappa shape index (κ1) is 21.7. The van der Waals surface area contributed by atoms with E-state index < -0.39 is 11.6 Å². The topological polar surface area (TPSA) is 52.6 Å². The summed E-state index contributed by atoms with van der Waals surface area (Å²) in [7, 11) is 0. The largest absolute Gasteiger partial charge is 0.476 e. The highest BCUT2D eigenvalue weighted by molar-refractivity contribution is 6.09. The van der Waals surface area contributed by atoms with Gasteiger partial charge in [-0.25, -0.2) is 4.79 Å². The molecule has 28 heavy (non-hydrogen) atoms. The van der Waals surface area contributed by atoms with E-state index in [1.54, 1.807) is 52.0 Å². The van der Waals surface area contributed by atoms with Gasteiger partial charge < -0.3 is 9.47 Å². The first-order valence-corrected chi connectivity index (χ1v) is 9.72. The lowest BCUT2D eigenvalue weighted by molar-refractivity contribution is -0.163. The second-order valence-corrected chi connectivity index (χ2v) is 8.21. The molecule has 0 bridgehead atoms. The zero-order valence-corrected chi connectivity index (χ0v) is 17.6. The molecule has 0 spiro atoms. The summed E-state index contributed by atoms with van der Waals surface area (Å²) in [6, 6.07) is 14.6. The average Bonchev–Trinajstić information content (AvgIpc) is 2.61. The molecule has 4 heteroatoms. The summed E-state index contributed by atoms with van der Waals surface area (Å²) in [6.07, 6.45) is 0.789. The van der Waals surface area contributed by atoms with Gasteiger partial charge in [0.15, 0.2) is 11.4 Å². The summed E-state index contributed by atoms with van der Waals surface area (Å²) < 4.78 is 11.0. The third-order valence-electron chi connectivity index (χ3n) is 4.18. The lowest BCUT2D eigenvalue weighted by Gasteiger charge is -2.25. The van der Waals surface area contributed by atoms with Crippen molar-refractivity contribution >= 4 is 11.8 Å². The van der Waals surface area contributed by atoms with Crippen molar-refractivity contribution < 1.29 is 19.1 Å². The fraction of sp³-hybridized carbons (Fsp3) is 0.417. The van der Waals surface area contributed by atoms with Crippen LogP contribution in [0.1, 0.15) is 63.0 Å². The molecule has 0 aliphatic carbocycles. The van der Waals surface area contributed by atoms with Crippen LogP contribution in [0.3, 0.4) is 0 Å². The molecule has 4 nitrogen and oxygen atoms in total. The van der Waals surface area contributed by atoms with Crippen LogP contribution in [0.2, 0.25) is 0 Å². The van der Waals surface area contributed by atoms with Crippen LogP contribution in [0.5, 0.6) is 5.75 Å². The van der Waals surface area contributed by atoms with E-state index in [0.717, 1.165) is 6.42 Å². The maximum atomic E-state index is 12.7. The molecule has 0 saturated carbocycles. The monoisotopic (exact) mass is 382 g/mol. The van der Waals surface area contributed by atoms with E-state index in [-0.39, 0.29) is 11.9 Å². The summed E-state index contributed by atoms with van der Waals surface area (Å²) in [4.78, 5) is 24.8. The Labute approximate surface area is 167 Å². The van der Waals surface area contributed by atoms with Crippen LogP contribution in [-0.4, -0.2) is 23.5 Å². The maximum Gasteiger partial charge on any atom is 0.350 e. The lowest BCUT2D eigenvalue weighted by Crippen LogP contribution is -2.40. The Morgan fingerprint density at radius 1 is 0.857 bits per heavy atom. The molecular weight excluding hydrogens is 352 g/mol. The Kier molecular flexibility index (Phi) is 7.00. The second-order valence-electron chi connectivity index (χ2n) is 8.21. The predicted molar refractivity (Wildman–Crippen MR) is 111 cm³/mol. The van der Waals surface area contributed by atoms with Crippen LogP contribution < -0.4 is 4.74 Å². The van der Waals surface area contributed by atoms with E-state index in [2.05, 4.69) is 13.8 Å². The molecule has 150 valence electrons. The van der Waals surface area contributed by atoms with Gasteiger partial charge >= 0.3 is 5.97 Å². The molecule has 0 unspecified atom stereocenters. The summed E-state index contributed by atoms with van der Waals surface area (Å²) in [5, 5.41) is 0. The van der Waals surface area contributed by atoms with Gasteiger partial charge in [-0.05, 0) is 69.9 Å². The number of ether oxygens (including phenoxy) is 2. The first-order chi connectivity index (χ1) is 13.1. The Bertz CT molecular complexity index is 800. The summed E-state index contributed by atoms with van der Waals surface area (Å²) >= 11 is 0. The zero-order chi connectivity index (χ0) is 20.9. The molecule has 0 amide bonds. The van der Waals surface area contributed by atoms with Gasteiger partial charge in [-0.1, -0.05) is 38.1 Å². The van der Waals surface area contributed by atoms with Gasteiger partial charge in [-0.3, -0.25) is 4.79 Å². The average molecular weight is 383 g/mol. The van der Waals surface area contributed by atoms with Gasteiger partial charge in [0, 0.05) is 11.1 Å². The van der Waals surface area contributed by atoms with Crippen molar-refractivity contribution in [2.75, 3.05) is 0 Å². The molecule has 0 aliphatic heterocycles. The summed E-state index contributed by atoms with van der Waals surface area (Å²) in [5.41, 5.74) is 1.35. The van der Waals surface area contributed by atoms with Crippen LogP contribution in [0.25, 0.3) is 0 Å². The number of esters is 1. The van der Waals surface area contributed by atoms with E-state index in [1.807, 2.05) is 24.3 Å². The number of rotatable bonds is 8. The Morgan fingerprint density at radius 2 is 1.36 bits per heavy atom. The van der Waals surface area contributed by atoms with E-state index in [9.17, 15) is 9.59 Å². The van der Waals surface area contributed by atoms with E-state index in [1.165, 1.54) is 5.56 Å². The van der Waals surface area contributed by atoms with Gasteiger partial charge in [0.05, 0.1) is 6.10 Å². The van der Waals surface area contributed by atoms with Crippen LogP contribution in [0.4, 0.5) is 0 Å². The zero-order valence-electron chi connectivity index (χ0n) is 17.6. The molecule has 0 aromatic heterocycles. The van der Waals surface area contributed by atoms with Crippen molar-refractivity contribution in [2.24, 2.45) is 5.92 Å². The highest BCUT2D eigenvalue weighted by Gasteiger charge is 2.32. The van der Waals surface area contributed by atoms with Crippen molar-refractivity contribution in [3.63, 3.8) is 0 Å². The minimum Gasteiger partial charge on any atom is -0.476 e. The van der Waals surface area contributed by atoms with E-state index in [0.29, 0.717) is 22.8 Å². The van der Waals surface area contributed by atoms with Crippen molar-refractivity contribution in [1.82, 2.24) is 0 Å². The maximum absolute atomic E-state index is 12.7. The van der Waals surface area contributed by atoms with Crippen LogP contribution in [0.15, 0.2) is 48.5 Å². The number of carbonyl (C=O) groups excluding carboxylic acids is 2. The van der Waals surface area contributed by atoms with Crippen molar-refractivity contribution in [3.8, 4) is 5.75 Å². The number of ketones is 1. The quantitative estimate of drug-likeness (QED) is 0.464. The van der Waals surface area contributed by atoms with E-state index >= 15 is 0 Å². The van der Waals surface area contributed by atoms with Crippen molar-refractivity contribution in [3.05, 3.63) is 65.2 Å². The molecule has 0 fully saturated rings. The first-order valence-electron chi connectivity index (χ1n) is 9.72. The molecule has 0 aliphatic rings. The van der Waals surface area contributed by atoms with Gasteiger partial charge in [0.2, 0.25) is 0 Å². The predicted octanol–water partition coefficient (Wildman–Crippen LogP) is 5.23. The SMILES string of the molecule is CC(C)Cc1ccc(C(=O)c2ccc(OC(C)(C)C(=O)OC(C)C)cc2)cc1. The van der Waals surface area contributed by atoms with Gasteiger partial charge in [-0.15, -0.1) is 0 Å². The van der Waals surface area contributed by atoms with Gasteiger partial charge in [-0.2, -0.15) is 0 Å². The molecule has 0 atom stereocenters. The molecule has 0 radical (unpaired) electrons. The van der Waals surface area contributed by atoms with Crippen molar-refractivity contribution in [1.29, 1.82) is 0 Å². The van der Waals surface area contributed by atoms with Crippen LogP contribution >= 0.6 is 0 Å². The molecule has 2 aromatic rings. The number of benzene rings is 2. The van der Waals surface area contributed by atoms with Gasteiger partial charge in [0.25, 0.3) is 0 Å². The normalized spacial score (nSPS) is 11.6. The second kappa shape index (κ2) is 9.05. The lowest BCUT2D eigenvalue weighted by atomic mass is 9.98. The van der Waals surface area contributed by atoms with E-state index in [4.69, 9.17) is 9.47 Å². The fourth-order valence-electron chi connectivity index (χ4n) is 2.80. The number of hydrogen-bond acceptors (Lipinski definition) is 4.